The van der Waals surface area contributed by atoms with E-state index >= 15 is 0 Å². The van der Waals surface area contributed by atoms with Gasteiger partial charge < -0.3 is 11.1 Å². The lowest BCUT2D eigenvalue weighted by Crippen LogP contribution is -2.32. The van der Waals surface area contributed by atoms with E-state index in [2.05, 4.69) is 19.2 Å². The number of nitrogens with one attached hydrogen (secondary N) is 1. The molecule has 2 heteroatoms. The van der Waals surface area contributed by atoms with Crippen LogP contribution in [0.3, 0.4) is 0 Å². The SMILES string of the molecule is CC1=C(C)CC(N)CNC1. The average Bonchev–Trinajstić information content (AvgIpc) is 1.96. The minimum Gasteiger partial charge on any atom is -0.326 e. The molecule has 0 aromatic rings. The summed E-state index contributed by atoms with van der Waals surface area (Å²) in [6, 6.07) is 0.317. The van der Waals surface area contributed by atoms with E-state index in [1.165, 1.54) is 11.1 Å². The number of hydrogen-bond donors (Lipinski definition) is 2. The van der Waals surface area contributed by atoms with Gasteiger partial charge in [0, 0.05) is 19.1 Å². The van der Waals surface area contributed by atoms with Gasteiger partial charge in [-0.3, -0.25) is 0 Å². The molecule has 0 amide bonds. The highest BCUT2D eigenvalue weighted by Crippen LogP contribution is 2.11. The van der Waals surface area contributed by atoms with Crippen molar-refractivity contribution in [2.45, 2.75) is 26.3 Å². The van der Waals surface area contributed by atoms with Gasteiger partial charge in [-0.1, -0.05) is 11.1 Å². The molecule has 1 atom stereocenters. The zero-order valence-corrected chi connectivity index (χ0v) is 6.78. The number of nitrogens with two attached hydrogens (primary N) is 1. The van der Waals surface area contributed by atoms with Gasteiger partial charge in [0.15, 0.2) is 0 Å². The van der Waals surface area contributed by atoms with Crippen LogP contribution in [-0.4, -0.2) is 19.1 Å². The summed E-state index contributed by atoms with van der Waals surface area (Å²) in [6.45, 7) is 6.30. The number of hydrogen-bond acceptors (Lipinski definition) is 2. The van der Waals surface area contributed by atoms with Crippen LogP contribution in [0, 0.1) is 0 Å². The molecule has 0 aromatic heterocycles. The average molecular weight is 140 g/mol. The summed E-state index contributed by atoms with van der Waals surface area (Å²) in [5.74, 6) is 0. The van der Waals surface area contributed by atoms with Crippen molar-refractivity contribution in [2.24, 2.45) is 5.73 Å². The Labute approximate surface area is 62.5 Å². The molecule has 0 radical (unpaired) electrons. The normalized spacial score (nSPS) is 28.5. The molecule has 1 unspecified atom stereocenters. The van der Waals surface area contributed by atoms with Crippen LogP contribution < -0.4 is 11.1 Å². The van der Waals surface area contributed by atoms with Gasteiger partial charge in [0.2, 0.25) is 0 Å². The maximum atomic E-state index is 5.79. The first kappa shape index (κ1) is 7.76. The van der Waals surface area contributed by atoms with Crippen LogP contribution in [0.15, 0.2) is 11.1 Å². The van der Waals surface area contributed by atoms with Crippen molar-refractivity contribution in [2.75, 3.05) is 13.1 Å². The maximum absolute atomic E-state index is 5.79. The van der Waals surface area contributed by atoms with Crippen molar-refractivity contribution in [3.8, 4) is 0 Å². The van der Waals surface area contributed by atoms with E-state index in [1.807, 2.05) is 0 Å². The highest BCUT2D eigenvalue weighted by atomic mass is 14.9. The highest BCUT2D eigenvalue weighted by Gasteiger charge is 2.09. The third kappa shape index (κ3) is 1.82. The smallest absolute Gasteiger partial charge is 0.0203 e. The van der Waals surface area contributed by atoms with Gasteiger partial charge in [-0.05, 0) is 20.3 Å². The summed E-state index contributed by atoms with van der Waals surface area (Å²) >= 11 is 0. The molecule has 2 nitrogen and oxygen atoms in total. The van der Waals surface area contributed by atoms with E-state index < -0.39 is 0 Å². The monoisotopic (exact) mass is 140 g/mol. The van der Waals surface area contributed by atoms with Crippen molar-refractivity contribution in [1.82, 2.24) is 5.32 Å². The molecule has 0 bridgehead atoms. The minimum absolute atomic E-state index is 0.317. The third-order valence-electron chi connectivity index (χ3n) is 2.09. The van der Waals surface area contributed by atoms with Gasteiger partial charge in [-0.15, -0.1) is 0 Å². The van der Waals surface area contributed by atoms with E-state index in [4.69, 9.17) is 5.73 Å². The van der Waals surface area contributed by atoms with Gasteiger partial charge >= 0.3 is 0 Å². The molecule has 1 aliphatic rings. The lowest BCUT2D eigenvalue weighted by Gasteiger charge is -2.06. The Bertz CT molecular complexity index is 149. The predicted molar refractivity (Wildman–Crippen MR) is 43.8 cm³/mol. The van der Waals surface area contributed by atoms with Gasteiger partial charge in [0.1, 0.15) is 0 Å². The van der Waals surface area contributed by atoms with Crippen LogP contribution in [0.2, 0.25) is 0 Å². The molecule has 1 heterocycles. The first-order valence-corrected chi connectivity index (χ1v) is 3.81. The maximum Gasteiger partial charge on any atom is 0.0203 e. The second-order valence-electron chi connectivity index (χ2n) is 3.16. The molecule has 1 aliphatic heterocycles. The second kappa shape index (κ2) is 3.17. The topological polar surface area (TPSA) is 38.0 Å². The van der Waals surface area contributed by atoms with Crippen molar-refractivity contribution in [1.29, 1.82) is 0 Å². The first-order valence-electron chi connectivity index (χ1n) is 3.81. The predicted octanol–water partition coefficient (Wildman–Crippen LogP) is 0.643. The summed E-state index contributed by atoms with van der Waals surface area (Å²) in [6.07, 6.45) is 1.05. The largest absolute Gasteiger partial charge is 0.326 e. The highest BCUT2D eigenvalue weighted by molar-refractivity contribution is 5.14. The van der Waals surface area contributed by atoms with Crippen molar-refractivity contribution in [3.63, 3.8) is 0 Å². The Kier molecular flexibility index (Phi) is 2.46. The van der Waals surface area contributed by atoms with E-state index in [9.17, 15) is 0 Å². The summed E-state index contributed by atoms with van der Waals surface area (Å²) in [7, 11) is 0. The summed E-state index contributed by atoms with van der Waals surface area (Å²) < 4.78 is 0. The molecular weight excluding hydrogens is 124 g/mol. The Hall–Kier alpha value is -0.340. The van der Waals surface area contributed by atoms with E-state index in [1.54, 1.807) is 0 Å². The quantitative estimate of drug-likeness (QED) is 0.485. The minimum atomic E-state index is 0.317. The zero-order chi connectivity index (χ0) is 7.56. The van der Waals surface area contributed by atoms with Crippen LogP contribution in [0.1, 0.15) is 20.3 Å². The van der Waals surface area contributed by atoms with Crippen LogP contribution in [-0.2, 0) is 0 Å². The fourth-order valence-corrected chi connectivity index (χ4v) is 1.24. The molecule has 1 rings (SSSR count). The second-order valence-corrected chi connectivity index (χ2v) is 3.16. The Balaban J connectivity index is 2.61. The molecule has 0 aromatic carbocycles. The van der Waals surface area contributed by atoms with Gasteiger partial charge in [0.25, 0.3) is 0 Å². The van der Waals surface area contributed by atoms with Gasteiger partial charge in [-0.2, -0.15) is 0 Å². The molecule has 0 saturated heterocycles. The fraction of sp³-hybridized carbons (Fsp3) is 0.750. The van der Waals surface area contributed by atoms with Crippen LogP contribution in [0.4, 0.5) is 0 Å². The summed E-state index contributed by atoms with van der Waals surface area (Å²) in [4.78, 5) is 0. The lowest BCUT2D eigenvalue weighted by atomic mass is 10.1. The molecular formula is C8H16N2. The van der Waals surface area contributed by atoms with Gasteiger partial charge in [0.05, 0.1) is 0 Å². The molecule has 3 N–H and O–H groups in total. The molecule has 0 spiro atoms. The van der Waals surface area contributed by atoms with E-state index in [0.717, 1.165) is 19.5 Å². The van der Waals surface area contributed by atoms with E-state index in [0.29, 0.717) is 6.04 Å². The Morgan fingerprint density at radius 1 is 1.40 bits per heavy atom. The van der Waals surface area contributed by atoms with Crippen LogP contribution >= 0.6 is 0 Å². The molecule has 10 heavy (non-hydrogen) atoms. The molecule has 0 aliphatic carbocycles. The van der Waals surface area contributed by atoms with Crippen molar-refractivity contribution < 1.29 is 0 Å². The molecule has 0 saturated carbocycles. The van der Waals surface area contributed by atoms with E-state index in [-0.39, 0.29) is 0 Å². The lowest BCUT2D eigenvalue weighted by molar-refractivity contribution is 0.613. The Morgan fingerprint density at radius 2 is 2.10 bits per heavy atom. The fourth-order valence-electron chi connectivity index (χ4n) is 1.24. The first-order chi connectivity index (χ1) is 4.70. The number of rotatable bonds is 0. The third-order valence-corrected chi connectivity index (χ3v) is 2.09. The summed E-state index contributed by atoms with van der Waals surface area (Å²) in [5.41, 5.74) is 8.70. The zero-order valence-electron chi connectivity index (χ0n) is 6.78. The summed E-state index contributed by atoms with van der Waals surface area (Å²) in [5, 5.41) is 3.29. The van der Waals surface area contributed by atoms with Crippen molar-refractivity contribution >= 4 is 0 Å². The van der Waals surface area contributed by atoms with Crippen LogP contribution in [0.5, 0.6) is 0 Å². The molecule has 0 fully saturated rings. The van der Waals surface area contributed by atoms with Crippen LogP contribution in [0.25, 0.3) is 0 Å². The Morgan fingerprint density at radius 3 is 2.80 bits per heavy atom. The standard InChI is InChI=1S/C8H16N2/c1-6-3-8(9)5-10-4-7(6)2/h8,10H,3-5,9H2,1-2H3. The molecule has 58 valence electrons. The van der Waals surface area contributed by atoms with Gasteiger partial charge in [-0.25, -0.2) is 0 Å². The van der Waals surface area contributed by atoms with Crippen molar-refractivity contribution in [3.05, 3.63) is 11.1 Å².